The van der Waals surface area contributed by atoms with Crippen LogP contribution in [0.25, 0.3) is 0 Å². The standard InChI is InChI=1S/C14H19NO2/c1-15-8-2-3-10-9-5-7-13(16)14(17)11(9)4-6-12(10)15/h5,7,10,12,16-17H,2-4,6,8H2,1H3/t10-,12-/m1/s1. The first-order valence-electron chi connectivity index (χ1n) is 6.42. The summed E-state index contributed by atoms with van der Waals surface area (Å²) in [5.74, 6) is 0.657. The zero-order valence-corrected chi connectivity index (χ0v) is 10.2. The minimum Gasteiger partial charge on any atom is -0.504 e. The summed E-state index contributed by atoms with van der Waals surface area (Å²) >= 11 is 0. The van der Waals surface area contributed by atoms with Gasteiger partial charge >= 0.3 is 0 Å². The Kier molecular flexibility index (Phi) is 2.51. The predicted molar refractivity (Wildman–Crippen MR) is 66.5 cm³/mol. The second-order valence-electron chi connectivity index (χ2n) is 5.34. The van der Waals surface area contributed by atoms with Crippen LogP contribution in [0.3, 0.4) is 0 Å². The molecule has 2 N–H and O–H groups in total. The SMILES string of the molecule is CN1CCC[C@@H]2c3ccc(O)c(O)c3CC[C@H]21. The van der Waals surface area contributed by atoms with Crippen molar-refractivity contribution in [1.29, 1.82) is 0 Å². The molecular formula is C14H19NO2. The molecule has 2 aliphatic rings. The second-order valence-corrected chi connectivity index (χ2v) is 5.34. The Morgan fingerprint density at radius 3 is 2.88 bits per heavy atom. The van der Waals surface area contributed by atoms with Gasteiger partial charge in [-0.2, -0.15) is 0 Å². The van der Waals surface area contributed by atoms with Gasteiger partial charge in [-0.15, -0.1) is 0 Å². The van der Waals surface area contributed by atoms with Crippen LogP contribution in [0.5, 0.6) is 11.5 Å². The van der Waals surface area contributed by atoms with Gasteiger partial charge in [0.05, 0.1) is 0 Å². The first-order valence-corrected chi connectivity index (χ1v) is 6.42. The molecule has 17 heavy (non-hydrogen) atoms. The molecule has 0 amide bonds. The van der Waals surface area contributed by atoms with Gasteiger partial charge < -0.3 is 15.1 Å². The number of benzene rings is 1. The number of aromatic hydroxyl groups is 2. The molecule has 0 saturated carbocycles. The lowest BCUT2D eigenvalue weighted by atomic mass is 9.74. The largest absolute Gasteiger partial charge is 0.504 e. The summed E-state index contributed by atoms with van der Waals surface area (Å²) in [7, 11) is 2.20. The summed E-state index contributed by atoms with van der Waals surface area (Å²) in [5.41, 5.74) is 2.23. The van der Waals surface area contributed by atoms with Crippen molar-refractivity contribution in [3.8, 4) is 11.5 Å². The number of likely N-dealkylation sites (tertiary alicyclic amines) is 1. The topological polar surface area (TPSA) is 43.7 Å². The fourth-order valence-electron chi connectivity index (χ4n) is 3.55. The highest BCUT2D eigenvalue weighted by Gasteiger charge is 2.35. The quantitative estimate of drug-likeness (QED) is 0.675. The molecule has 1 heterocycles. The van der Waals surface area contributed by atoms with E-state index in [0.29, 0.717) is 12.0 Å². The molecule has 3 rings (SSSR count). The number of hydrogen-bond donors (Lipinski definition) is 2. The fourth-order valence-corrected chi connectivity index (χ4v) is 3.55. The van der Waals surface area contributed by atoms with Crippen molar-refractivity contribution in [1.82, 2.24) is 4.90 Å². The van der Waals surface area contributed by atoms with Crippen molar-refractivity contribution in [2.75, 3.05) is 13.6 Å². The van der Waals surface area contributed by atoms with E-state index in [9.17, 15) is 10.2 Å². The summed E-state index contributed by atoms with van der Waals surface area (Å²) in [5, 5.41) is 19.5. The molecular weight excluding hydrogens is 214 g/mol. The summed E-state index contributed by atoms with van der Waals surface area (Å²) in [6.45, 7) is 1.18. The monoisotopic (exact) mass is 233 g/mol. The molecule has 3 heteroatoms. The average Bonchev–Trinajstić information content (AvgIpc) is 2.34. The maximum Gasteiger partial charge on any atom is 0.160 e. The molecule has 0 radical (unpaired) electrons. The van der Waals surface area contributed by atoms with E-state index in [1.165, 1.54) is 24.9 Å². The van der Waals surface area contributed by atoms with Crippen LogP contribution in [0.4, 0.5) is 0 Å². The highest BCUT2D eigenvalue weighted by Crippen LogP contribution is 2.45. The minimum atomic E-state index is 0.0198. The smallest absolute Gasteiger partial charge is 0.160 e. The summed E-state index contributed by atoms with van der Waals surface area (Å²) in [6.07, 6.45) is 4.39. The molecule has 1 aromatic carbocycles. The van der Waals surface area contributed by atoms with Crippen LogP contribution in [0.1, 0.15) is 36.3 Å². The van der Waals surface area contributed by atoms with Gasteiger partial charge in [-0.25, -0.2) is 0 Å². The molecule has 92 valence electrons. The van der Waals surface area contributed by atoms with Crippen molar-refractivity contribution in [2.45, 2.75) is 37.6 Å². The average molecular weight is 233 g/mol. The molecule has 2 atom stereocenters. The molecule has 1 aliphatic heterocycles. The Hall–Kier alpha value is -1.22. The van der Waals surface area contributed by atoms with E-state index in [1.807, 2.05) is 6.07 Å². The Morgan fingerprint density at radius 2 is 2.06 bits per heavy atom. The predicted octanol–water partition coefficient (Wildman–Crippen LogP) is 2.22. The second kappa shape index (κ2) is 3.91. The number of piperidine rings is 1. The van der Waals surface area contributed by atoms with Gasteiger partial charge in [-0.05, 0) is 56.8 Å². The summed E-state index contributed by atoms with van der Waals surface area (Å²) in [4.78, 5) is 2.45. The Balaban J connectivity index is 2.05. The Labute approximate surface area is 102 Å². The number of phenolic OH excluding ortho intramolecular Hbond substituents is 2. The molecule has 0 unspecified atom stereocenters. The number of nitrogens with zero attached hydrogens (tertiary/aromatic N) is 1. The van der Waals surface area contributed by atoms with E-state index >= 15 is 0 Å². The number of hydrogen-bond acceptors (Lipinski definition) is 3. The highest BCUT2D eigenvalue weighted by atomic mass is 16.3. The van der Waals surface area contributed by atoms with Gasteiger partial charge in [-0.1, -0.05) is 6.07 Å². The fraction of sp³-hybridized carbons (Fsp3) is 0.571. The number of phenols is 2. The van der Waals surface area contributed by atoms with E-state index in [4.69, 9.17) is 0 Å². The van der Waals surface area contributed by atoms with Crippen LogP contribution in [0.2, 0.25) is 0 Å². The molecule has 0 spiro atoms. The van der Waals surface area contributed by atoms with Crippen molar-refractivity contribution in [3.05, 3.63) is 23.3 Å². The van der Waals surface area contributed by atoms with E-state index in [2.05, 4.69) is 11.9 Å². The summed E-state index contributed by atoms with van der Waals surface area (Å²) < 4.78 is 0. The lowest BCUT2D eigenvalue weighted by Crippen LogP contribution is -2.43. The van der Waals surface area contributed by atoms with Gasteiger partial charge in [0, 0.05) is 11.6 Å². The minimum absolute atomic E-state index is 0.0198. The molecule has 1 fully saturated rings. The van der Waals surface area contributed by atoms with Crippen molar-refractivity contribution in [3.63, 3.8) is 0 Å². The van der Waals surface area contributed by atoms with Crippen LogP contribution >= 0.6 is 0 Å². The molecule has 1 aromatic rings. The van der Waals surface area contributed by atoms with Gasteiger partial charge in [0.15, 0.2) is 11.5 Å². The number of likely N-dealkylation sites (N-methyl/N-ethyl adjacent to an activating group) is 1. The van der Waals surface area contributed by atoms with Crippen LogP contribution in [0, 0.1) is 0 Å². The van der Waals surface area contributed by atoms with Gasteiger partial charge in [0.1, 0.15) is 0 Å². The van der Waals surface area contributed by atoms with Crippen molar-refractivity contribution < 1.29 is 10.2 Å². The molecule has 3 nitrogen and oxygen atoms in total. The Morgan fingerprint density at radius 1 is 1.24 bits per heavy atom. The van der Waals surface area contributed by atoms with Crippen LogP contribution < -0.4 is 0 Å². The Bertz CT molecular complexity index is 444. The van der Waals surface area contributed by atoms with Gasteiger partial charge in [0.25, 0.3) is 0 Å². The van der Waals surface area contributed by atoms with E-state index < -0.39 is 0 Å². The first kappa shape index (κ1) is 10.9. The molecule has 0 aromatic heterocycles. The normalized spacial score (nSPS) is 28.5. The molecule has 1 saturated heterocycles. The van der Waals surface area contributed by atoms with Crippen molar-refractivity contribution >= 4 is 0 Å². The van der Waals surface area contributed by atoms with E-state index in [-0.39, 0.29) is 11.5 Å². The molecule has 1 aliphatic carbocycles. The summed E-state index contributed by atoms with van der Waals surface area (Å²) in [6, 6.07) is 4.24. The van der Waals surface area contributed by atoms with Crippen molar-refractivity contribution in [2.24, 2.45) is 0 Å². The highest BCUT2D eigenvalue weighted by molar-refractivity contribution is 5.51. The lowest BCUT2D eigenvalue weighted by Gasteiger charge is -2.43. The third-order valence-corrected chi connectivity index (χ3v) is 4.44. The first-order chi connectivity index (χ1) is 8.18. The van der Waals surface area contributed by atoms with Crippen LogP contribution in [-0.4, -0.2) is 34.7 Å². The van der Waals surface area contributed by atoms with E-state index in [0.717, 1.165) is 18.4 Å². The number of rotatable bonds is 0. The lowest BCUT2D eigenvalue weighted by molar-refractivity contribution is 0.143. The van der Waals surface area contributed by atoms with Crippen LogP contribution in [-0.2, 0) is 6.42 Å². The zero-order valence-electron chi connectivity index (χ0n) is 10.2. The maximum atomic E-state index is 9.94. The van der Waals surface area contributed by atoms with E-state index in [1.54, 1.807) is 6.07 Å². The van der Waals surface area contributed by atoms with Crippen LogP contribution in [0.15, 0.2) is 12.1 Å². The number of fused-ring (bicyclic) bond motifs is 3. The maximum absolute atomic E-state index is 9.94. The van der Waals surface area contributed by atoms with Gasteiger partial charge in [0.2, 0.25) is 0 Å². The third kappa shape index (κ3) is 1.61. The molecule has 0 bridgehead atoms. The zero-order chi connectivity index (χ0) is 12.0. The van der Waals surface area contributed by atoms with Gasteiger partial charge in [-0.3, -0.25) is 0 Å². The third-order valence-electron chi connectivity index (χ3n) is 4.44.